The molecule has 21 heavy (non-hydrogen) atoms. The fourth-order valence-corrected chi connectivity index (χ4v) is 2.05. The van der Waals surface area contributed by atoms with Crippen LogP contribution in [0.25, 0.3) is 0 Å². The molecule has 2 rings (SSSR count). The van der Waals surface area contributed by atoms with E-state index in [0.29, 0.717) is 5.75 Å². The predicted molar refractivity (Wildman–Crippen MR) is 77.4 cm³/mol. The van der Waals surface area contributed by atoms with Gasteiger partial charge in [0, 0.05) is 6.04 Å². The Kier molecular flexibility index (Phi) is 5.22. The van der Waals surface area contributed by atoms with E-state index in [1.54, 1.807) is 6.07 Å². The fraction of sp³-hybridized carbons (Fsp3) is 0.312. The summed E-state index contributed by atoms with van der Waals surface area (Å²) >= 11 is 0. The van der Waals surface area contributed by atoms with Crippen LogP contribution in [0.1, 0.15) is 32.0 Å². The smallest absolute Gasteiger partial charge is 0.201 e. The molecule has 0 bridgehead atoms. The second-order valence-corrected chi connectivity index (χ2v) is 4.59. The van der Waals surface area contributed by atoms with Crippen molar-refractivity contribution < 1.29 is 13.5 Å². The minimum atomic E-state index is -0.999. The molecular formula is C16H18F2N2O. The third kappa shape index (κ3) is 3.76. The first-order valence-corrected chi connectivity index (χ1v) is 6.96. The average molecular weight is 292 g/mol. The van der Waals surface area contributed by atoms with Crippen LogP contribution in [0.3, 0.4) is 0 Å². The molecule has 1 heterocycles. The van der Waals surface area contributed by atoms with E-state index in [1.165, 1.54) is 18.3 Å². The lowest BCUT2D eigenvalue weighted by molar-refractivity contribution is 0.414. The number of aromatic nitrogens is 1. The van der Waals surface area contributed by atoms with Gasteiger partial charge in [0.1, 0.15) is 5.75 Å². The van der Waals surface area contributed by atoms with Crippen LogP contribution in [0.2, 0.25) is 0 Å². The van der Waals surface area contributed by atoms with E-state index in [4.69, 9.17) is 4.74 Å². The van der Waals surface area contributed by atoms with E-state index < -0.39 is 11.6 Å². The maximum Gasteiger partial charge on any atom is 0.201 e. The van der Waals surface area contributed by atoms with E-state index in [1.807, 2.05) is 13.0 Å². The van der Waals surface area contributed by atoms with Crippen LogP contribution in [0.15, 0.2) is 36.5 Å². The van der Waals surface area contributed by atoms with E-state index in [9.17, 15) is 8.78 Å². The molecule has 0 aliphatic rings. The number of rotatable bonds is 6. The third-order valence-corrected chi connectivity index (χ3v) is 3.12. The highest BCUT2D eigenvalue weighted by Gasteiger charge is 2.12. The van der Waals surface area contributed by atoms with Gasteiger partial charge in [-0.25, -0.2) is 4.39 Å². The van der Waals surface area contributed by atoms with Crippen molar-refractivity contribution in [3.05, 3.63) is 53.9 Å². The fourth-order valence-electron chi connectivity index (χ4n) is 2.05. The van der Waals surface area contributed by atoms with Crippen LogP contribution in [0.5, 0.6) is 11.5 Å². The Morgan fingerprint density at radius 3 is 2.62 bits per heavy atom. The van der Waals surface area contributed by atoms with Gasteiger partial charge in [-0.3, -0.25) is 4.98 Å². The summed E-state index contributed by atoms with van der Waals surface area (Å²) in [4.78, 5) is 4.31. The molecule has 0 amide bonds. The zero-order valence-electron chi connectivity index (χ0n) is 12.1. The molecule has 0 fully saturated rings. The summed E-state index contributed by atoms with van der Waals surface area (Å²) in [6, 6.07) is 7.52. The molecular weight excluding hydrogens is 274 g/mol. The van der Waals surface area contributed by atoms with Crippen LogP contribution in [0.4, 0.5) is 8.78 Å². The first kappa shape index (κ1) is 15.4. The quantitative estimate of drug-likeness (QED) is 0.866. The number of nitrogens with zero attached hydrogens (tertiary/aromatic N) is 1. The number of pyridine rings is 1. The van der Waals surface area contributed by atoms with Gasteiger partial charge >= 0.3 is 0 Å². The lowest BCUT2D eigenvalue weighted by Crippen LogP contribution is -2.20. The Morgan fingerprint density at radius 2 is 2.00 bits per heavy atom. The van der Waals surface area contributed by atoms with E-state index in [0.717, 1.165) is 24.7 Å². The number of hydrogen-bond donors (Lipinski definition) is 1. The average Bonchev–Trinajstić information content (AvgIpc) is 2.50. The van der Waals surface area contributed by atoms with Crippen molar-refractivity contribution in [2.75, 3.05) is 6.54 Å². The highest BCUT2D eigenvalue weighted by molar-refractivity contribution is 5.32. The molecule has 2 aromatic rings. The predicted octanol–water partition coefficient (Wildman–Crippen LogP) is 4.21. The van der Waals surface area contributed by atoms with E-state index >= 15 is 0 Å². The van der Waals surface area contributed by atoms with Crippen molar-refractivity contribution in [3.8, 4) is 11.5 Å². The molecule has 3 nitrogen and oxygen atoms in total. The first-order chi connectivity index (χ1) is 10.2. The van der Waals surface area contributed by atoms with Crippen LogP contribution in [-0.2, 0) is 0 Å². The maximum atomic E-state index is 13.5. The minimum Gasteiger partial charge on any atom is -0.453 e. The van der Waals surface area contributed by atoms with Crippen molar-refractivity contribution in [1.29, 1.82) is 0 Å². The lowest BCUT2D eigenvalue weighted by Gasteiger charge is -2.15. The number of benzene rings is 1. The van der Waals surface area contributed by atoms with Crippen molar-refractivity contribution in [3.63, 3.8) is 0 Å². The van der Waals surface area contributed by atoms with Crippen LogP contribution in [-0.4, -0.2) is 11.5 Å². The topological polar surface area (TPSA) is 34.1 Å². The largest absolute Gasteiger partial charge is 0.453 e. The second-order valence-electron chi connectivity index (χ2n) is 4.59. The molecule has 0 radical (unpaired) electrons. The molecule has 5 heteroatoms. The summed E-state index contributed by atoms with van der Waals surface area (Å²) in [5.74, 6) is -1.71. The zero-order valence-corrected chi connectivity index (χ0v) is 12.1. The van der Waals surface area contributed by atoms with Gasteiger partial charge in [-0.05, 0) is 37.2 Å². The van der Waals surface area contributed by atoms with Crippen molar-refractivity contribution >= 4 is 0 Å². The Balaban J connectivity index is 2.14. The molecule has 1 unspecified atom stereocenters. The Labute approximate surface area is 123 Å². The molecule has 0 saturated carbocycles. The van der Waals surface area contributed by atoms with Gasteiger partial charge in [-0.15, -0.1) is 0 Å². The Bertz CT molecular complexity index is 587. The number of halogens is 2. The molecule has 1 aromatic carbocycles. The van der Waals surface area contributed by atoms with Crippen LogP contribution >= 0.6 is 0 Å². The maximum absolute atomic E-state index is 13.5. The van der Waals surface area contributed by atoms with Gasteiger partial charge < -0.3 is 10.1 Å². The highest BCUT2D eigenvalue weighted by atomic mass is 19.2. The summed E-state index contributed by atoms with van der Waals surface area (Å²) in [5.41, 5.74) is 0.895. The van der Waals surface area contributed by atoms with Gasteiger partial charge in [-0.1, -0.05) is 19.9 Å². The monoisotopic (exact) mass is 292 g/mol. The summed E-state index contributed by atoms with van der Waals surface area (Å²) in [6.07, 6.45) is 2.43. The van der Waals surface area contributed by atoms with E-state index in [2.05, 4.69) is 17.2 Å². The molecule has 112 valence electrons. The van der Waals surface area contributed by atoms with Crippen molar-refractivity contribution in [2.45, 2.75) is 26.3 Å². The van der Waals surface area contributed by atoms with Crippen LogP contribution < -0.4 is 10.1 Å². The summed E-state index contributed by atoms with van der Waals surface area (Å²) in [5, 5.41) is 3.32. The summed E-state index contributed by atoms with van der Waals surface area (Å²) in [7, 11) is 0. The molecule has 0 saturated heterocycles. The zero-order chi connectivity index (χ0) is 15.2. The second kappa shape index (κ2) is 7.13. The minimum absolute atomic E-state index is 0.150. The third-order valence-electron chi connectivity index (χ3n) is 3.12. The molecule has 1 aromatic heterocycles. The van der Waals surface area contributed by atoms with Crippen LogP contribution in [0, 0.1) is 11.6 Å². The van der Waals surface area contributed by atoms with Gasteiger partial charge in [0.15, 0.2) is 11.6 Å². The van der Waals surface area contributed by atoms with E-state index in [-0.39, 0.29) is 11.8 Å². The molecule has 0 spiro atoms. The molecule has 0 aliphatic heterocycles. The summed E-state index contributed by atoms with van der Waals surface area (Å²) in [6.45, 7) is 4.96. The van der Waals surface area contributed by atoms with Gasteiger partial charge in [0.05, 0.1) is 11.9 Å². The SMILES string of the molecule is CCNC(CC)c1ccc(Oc2cccc(F)c2F)cn1. The lowest BCUT2D eigenvalue weighted by atomic mass is 10.1. The summed E-state index contributed by atoms with van der Waals surface area (Å²) < 4.78 is 31.9. The number of nitrogens with one attached hydrogen (secondary N) is 1. The number of hydrogen-bond acceptors (Lipinski definition) is 3. The van der Waals surface area contributed by atoms with Gasteiger partial charge in [-0.2, -0.15) is 4.39 Å². The van der Waals surface area contributed by atoms with Gasteiger partial charge in [0.2, 0.25) is 5.82 Å². The normalized spacial score (nSPS) is 12.2. The number of ether oxygens (including phenoxy) is 1. The van der Waals surface area contributed by atoms with Crippen molar-refractivity contribution in [2.24, 2.45) is 0 Å². The standard InChI is InChI=1S/C16H18F2N2O/c1-3-13(19-4-2)14-9-8-11(10-20-14)21-15-7-5-6-12(17)16(15)18/h5-10,13,19H,3-4H2,1-2H3. The highest BCUT2D eigenvalue weighted by Crippen LogP contribution is 2.26. The Morgan fingerprint density at radius 1 is 1.19 bits per heavy atom. The Hall–Kier alpha value is -2.01. The van der Waals surface area contributed by atoms with Gasteiger partial charge in [0.25, 0.3) is 0 Å². The molecule has 1 N–H and O–H groups in total. The molecule has 1 atom stereocenters. The van der Waals surface area contributed by atoms with Crippen molar-refractivity contribution in [1.82, 2.24) is 10.3 Å². The first-order valence-electron chi connectivity index (χ1n) is 6.96. The molecule has 0 aliphatic carbocycles.